The largest absolute Gasteiger partial charge is 0.369 e. The third kappa shape index (κ3) is 6.11. The Morgan fingerprint density at radius 1 is 1.05 bits per heavy atom. The van der Waals surface area contributed by atoms with Crippen LogP contribution in [0.2, 0.25) is 0 Å². The van der Waals surface area contributed by atoms with Crippen LogP contribution in [0, 0.1) is 11.6 Å². The highest BCUT2D eigenvalue weighted by molar-refractivity contribution is 14.1. The second-order valence-corrected chi connectivity index (χ2v) is 10.8. The molecule has 218 valence electrons. The van der Waals surface area contributed by atoms with Gasteiger partial charge in [-0.3, -0.25) is 9.79 Å². The number of carbonyl (C=O) groups is 1. The van der Waals surface area contributed by atoms with Crippen LogP contribution in [0.25, 0.3) is 11.3 Å². The molecule has 2 aliphatic rings. The molecule has 3 heterocycles. The Bertz CT molecular complexity index is 1730. The monoisotopic (exact) mass is 692 g/mol. The van der Waals surface area contributed by atoms with E-state index >= 15 is 0 Å². The smallest absolute Gasteiger partial charge is 0.280 e. The third-order valence-electron chi connectivity index (χ3n) is 7.27. The number of guanidine groups is 1. The topological polar surface area (TPSA) is 121 Å². The average molecular weight is 693 g/mol. The van der Waals surface area contributed by atoms with Crippen LogP contribution >= 0.6 is 22.6 Å². The van der Waals surface area contributed by atoms with Gasteiger partial charge in [0.25, 0.3) is 5.91 Å². The summed E-state index contributed by atoms with van der Waals surface area (Å²) in [5, 5.41) is 6.41. The van der Waals surface area contributed by atoms with Gasteiger partial charge in [-0.2, -0.15) is 4.99 Å². The summed E-state index contributed by atoms with van der Waals surface area (Å²) < 4.78 is 30.5. The molecule has 1 amide bonds. The number of halogens is 3. The first-order valence-corrected chi connectivity index (χ1v) is 15.2. The van der Waals surface area contributed by atoms with Crippen LogP contribution in [0.4, 0.5) is 20.4 Å². The summed E-state index contributed by atoms with van der Waals surface area (Å²) in [5.41, 5.74) is 10.8. The molecule has 4 aromatic rings. The van der Waals surface area contributed by atoms with E-state index in [2.05, 4.69) is 48.2 Å². The molecular weight excluding hydrogens is 665 g/mol. The van der Waals surface area contributed by atoms with Crippen molar-refractivity contribution in [2.45, 2.75) is 11.0 Å². The normalized spacial score (nSPS) is 14.8. The highest BCUT2D eigenvalue weighted by Gasteiger charge is 2.25. The summed E-state index contributed by atoms with van der Waals surface area (Å²) in [4.78, 5) is 32.5. The highest BCUT2D eigenvalue weighted by atomic mass is 127. The number of nitrogens with one attached hydrogen (secondary N) is 2. The van der Waals surface area contributed by atoms with Gasteiger partial charge in [0.1, 0.15) is 11.6 Å². The molecule has 0 spiro atoms. The number of hydrogen-bond donors (Lipinski definition) is 3. The summed E-state index contributed by atoms with van der Waals surface area (Å²) in [7, 11) is 0. The molecule has 1 aromatic heterocycles. The molecule has 9 nitrogen and oxygen atoms in total. The van der Waals surface area contributed by atoms with Crippen LogP contribution in [-0.4, -0.2) is 58.6 Å². The number of aromatic nitrogens is 2. The predicted octanol–water partition coefficient (Wildman–Crippen LogP) is 4.81. The van der Waals surface area contributed by atoms with Crippen molar-refractivity contribution in [2.24, 2.45) is 15.7 Å². The fourth-order valence-electron chi connectivity index (χ4n) is 5.04. The van der Waals surface area contributed by atoms with Gasteiger partial charge in [0.05, 0.1) is 23.5 Å². The number of carbonyl (C=O) groups excluding carboxylic acids is 1. The number of rotatable bonds is 5. The first-order valence-electron chi connectivity index (χ1n) is 13.7. The van der Waals surface area contributed by atoms with Crippen LogP contribution in [0.1, 0.15) is 32.6 Å². The molecule has 2 aliphatic heterocycles. The van der Waals surface area contributed by atoms with Gasteiger partial charge in [0.15, 0.2) is 5.96 Å². The van der Waals surface area contributed by atoms with Gasteiger partial charge < -0.3 is 21.3 Å². The molecule has 0 bridgehead atoms. The van der Waals surface area contributed by atoms with E-state index in [1.54, 1.807) is 30.5 Å². The Labute approximate surface area is 260 Å². The highest BCUT2D eigenvalue weighted by Crippen LogP contribution is 2.34. The fourth-order valence-corrected chi connectivity index (χ4v) is 5.51. The Morgan fingerprint density at radius 3 is 2.51 bits per heavy atom. The van der Waals surface area contributed by atoms with Gasteiger partial charge in [0, 0.05) is 64.7 Å². The van der Waals surface area contributed by atoms with E-state index < -0.39 is 17.5 Å². The number of benzene rings is 3. The van der Waals surface area contributed by atoms with E-state index in [1.165, 1.54) is 18.2 Å². The maximum absolute atomic E-state index is 14.9. The van der Waals surface area contributed by atoms with Crippen LogP contribution in [0.15, 0.2) is 76.8 Å². The van der Waals surface area contributed by atoms with Gasteiger partial charge in [-0.1, -0.05) is 40.8 Å². The Balaban J connectivity index is 1.28. The predicted molar refractivity (Wildman–Crippen MR) is 171 cm³/mol. The molecule has 0 radical (unpaired) electrons. The van der Waals surface area contributed by atoms with Gasteiger partial charge in [-0.05, 0) is 48.0 Å². The summed E-state index contributed by atoms with van der Waals surface area (Å²) in [6.45, 7) is 3.13. The number of piperazine rings is 1. The molecule has 0 saturated carbocycles. The zero-order valence-corrected chi connectivity index (χ0v) is 25.1. The number of alkyl halides is 1. The first-order chi connectivity index (χ1) is 20.9. The number of anilines is 2. The van der Waals surface area contributed by atoms with Crippen LogP contribution in [0.5, 0.6) is 0 Å². The number of fused-ring (bicyclic) bond motifs is 3. The zero-order valence-electron chi connectivity index (χ0n) is 22.9. The van der Waals surface area contributed by atoms with Crippen LogP contribution in [0.3, 0.4) is 0 Å². The first kappa shape index (κ1) is 28.8. The summed E-state index contributed by atoms with van der Waals surface area (Å²) in [6, 6.07) is 16.4. The molecule has 0 unspecified atom stereocenters. The Hall–Kier alpha value is -4.30. The van der Waals surface area contributed by atoms with E-state index in [9.17, 15) is 13.6 Å². The quantitative estimate of drug-likeness (QED) is 0.119. The van der Waals surface area contributed by atoms with E-state index in [0.717, 1.165) is 24.2 Å². The third-order valence-corrected chi connectivity index (χ3v) is 8.15. The molecule has 1 fully saturated rings. The number of nitrogens with zero attached hydrogens (tertiary/aromatic N) is 5. The van der Waals surface area contributed by atoms with E-state index in [4.69, 9.17) is 10.7 Å². The number of nitrogens with two attached hydrogens (primary N) is 1. The maximum Gasteiger partial charge on any atom is 0.280 e. The van der Waals surface area contributed by atoms with E-state index in [1.807, 2.05) is 23.1 Å². The van der Waals surface area contributed by atoms with Gasteiger partial charge in [-0.25, -0.2) is 18.7 Å². The van der Waals surface area contributed by atoms with Crippen molar-refractivity contribution in [3.63, 3.8) is 0 Å². The Kier molecular flexibility index (Phi) is 8.38. The van der Waals surface area contributed by atoms with Crippen LogP contribution < -0.4 is 16.4 Å². The average Bonchev–Trinajstić information content (AvgIpc) is 3.18. The van der Waals surface area contributed by atoms with Crippen molar-refractivity contribution in [1.82, 2.24) is 20.2 Å². The molecule has 0 atom stereocenters. The molecule has 12 heteroatoms. The minimum atomic E-state index is -0.678. The molecule has 4 N–H and O–H groups in total. The molecule has 6 rings (SSSR count). The van der Waals surface area contributed by atoms with Gasteiger partial charge in [0.2, 0.25) is 5.95 Å². The SMILES string of the molecule is NC(=NC(=O)c1ccc(Nc2ncc3c(n2)-c2ccc(CI)cc2C(c2c(F)cccc2F)=NC3)cc1)N1CCNCC1. The van der Waals surface area contributed by atoms with Crippen molar-refractivity contribution >= 4 is 51.8 Å². The minimum absolute atomic E-state index is 0.154. The lowest BCUT2D eigenvalue weighted by Gasteiger charge is -2.27. The van der Waals surface area contributed by atoms with Crippen molar-refractivity contribution in [3.8, 4) is 11.3 Å². The van der Waals surface area contributed by atoms with Gasteiger partial charge in [-0.15, -0.1) is 0 Å². The second-order valence-electron chi connectivity index (χ2n) is 10.1. The summed E-state index contributed by atoms with van der Waals surface area (Å²) in [6.07, 6.45) is 1.66. The maximum atomic E-state index is 14.9. The molecule has 0 aliphatic carbocycles. The van der Waals surface area contributed by atoms with E-state index in [0.29, 0.717) is 51.5 Å². The minimum Gasteiger partial charge on any atom is -0.369 e. The number of aliphatic imine (C=N–C) groups is 2. The van der Waals surface area contributed by atoms with Gasteiger partial charge >= 0.3 is 0 Å². The summed E-state index contributed by atoms with van der Waals surface area (Å²) >= 11 is 2.25. The molecule has 43 heavy (non-hydrogen) atoms. The lowest BCUT2D eigenvalue weighted by molar-refractivity contribution is 0.100. The zero-order chi connectivity index (χ0) is 29.9. The van der Waals surface area contributed by atoms with Crippen molar-refractivity contribution in [1.29, 1.82) is 0 Å². The van der Waals surface area contributed by atoms with Crippen molar-refractivity contribution in [2.75, 3.05) is 31.5 Å². The standard InChI is InChI=1S/C31H27F2IN8O/c32-24-2-1-3-25(33)26(24)28-23-14-18(15-34)4-9-22(23)27-20(16-37-28)17-38-31(40-27)39-21-7-5-19(6-8-21)29(43)41-30(35)42-12-10-36-11-13-42/h1-9,14,17,36H,10-13,15-16H2,(H2,35,41,43)(H,38,39,40). The lowest BCUT2D eigenvalue weighted by atomic mass is 9.93. The molecule has 1 saturated heterocycles. The summed E-state index contributed by atoms with van der Waals surface area (Å²) in [5.74, 6) is -1.24. The van der Waals surface area contributed by atoms with Crippen molar-refractivity contribution in [3.05, 3.63) is 106 Å². The Morgan fingerprint density at radius 2 is 1.79 bits per heavy atom. The van der Waals surface area contributed by atoms with Crippen molar-refractivity contribution < 1.29 is 13.6 Å². The van der Waals surface area contributed by atoms with Crippen LogP contribution in [-0.2, 0) is 11.0 Å². The lowest BCUT2D eigenvalue weighted by Crippen LogP contribution is -2.49. The number of amides is 1. The molecule has 3 aromatic carbocycles. The fraction of sp³-hybridized carbons (Fsp3) is 0.194. The number of hydrogen-bond acceptors (Lipinski definition) is 6. The van der Waals surface area contributed by atoms with E-state index in [-0.39, 0.29) is 23.8 Å². The molecular formula is C31H27F2IN8O. The second kappa shape index (κ2) is 12.5.